The van der Waals surface area contributed by atoms with Crippen LogP contribution in [0, 0.1) is 6.92 Å². The lowest BCUT2D eigenvalue weighted by molar-refractivity contribution is -0.123. The average Bonchev–Trinajstić information content (AvgIpc) is 2.56. The van der Waals surface area contributed by atoms with Crippen molar-refractivity contribution in [2.24, 2.45) is 0 Å². The Morgan fingerprint density at radius 3 is 2.50 bits per heavy atom. The average molecular weight is 446 g/mol. The van der Waals surface area contributed by atoms with Gasteiger partial charge in [0.1, 0.15) is 0 Å². The minimum absolute atomic E-state index is 0.00267. The summed E-state index contributed by atoms with van der Waals surface area (Å²) in [5.74, 6) is 0.00267. The molecule has 2 rings (SSSR count). The van der Waals surface area contributed by atoms with Crippen LogP contribution in [0.15, 0.2) is 27.6 Å². The van der Waals surface area contributed by atoms with Gasteiger partial charge in [-0.05, 0) is 64.4 Å². The molecule has 0 aliphatic carbocycles. The monoisotopic (exact) mass is 445 g/mol. The molecule has 6 nitrogen and oxygen atoms in total. The van der Waals surface area contributed by atoms with Crippen LogP contribution < -0.4 is 5.32 Å². The van der Waals surface area contributed by atoms with E-state index in [9.17, 15) is 13.2 Å². The summed E-state index contributed by atoms with van der Waals surface area (Å²) >= 11 is 3.40. The maximum atomic E-state index is 12.9. The van der Waals surface area contributed by atoms with Crippen molar-refractivity contribution in [2.75, 3.05) is 26.7 Å². The largest absolute Gasteiger partial charge is 0.353 e. The molecule has 1 N–H and O–H groups in total. The summed E-state index contributed by atoms with van der Waals surface area (Å²) in [5, 5.41) is 2.89. The summed E-state index contributed by atoms with van der Waals surface area (Å²) in [4.78, 5) is 14.3. The van der Waals surface area contributed by atoms with Gasteiger partial charge < -0.3 is 5.32 Å². The van der Waals surface area contributed by atoms with E-state index >= 15 is 0 Å². The Bertz CT molecular complexity index is 744. The summed E-state index contributed by atoms with van der Waals surface area (Å²) < 4.78 is 28.2. The van der Waals surface area contributed by atoms with Crippen LogP contribution >= 0.6 is 15.9 Å². The SMILES string of the molecule is Cc1cc(S(=O)(=O)N2CCC(N(C)CC(=O)NC(C)C)CC2)ccc1Br. The third kappa shape index (κ3) is 5.28. The molecule has 1 aliphatic rings. The molecule has 1 aromatic carbocycles. The summed E-state index contributed by atoms with van der Waals surface area (Å²) in [6.45, 7) is 7.03. The van der Waals surface area contributed by atoms with Crippen molar-refractivity contribution in [3.8, 4) is 0 Å². The molecule has 8 heteroatoms. The molecule has 0 bridgehead atoms. The second-order valence-electron chi connectivity index (χ2n) is 7.18. The Morgan fingerprint density at radius 1 is 1.35 bits per heavy atom. The van der Waals surface area contributed by atoms with Gasteiger partial charge in [0.05, 0.1) is 11.4 Å². The normalized spacial score (nSPS) is 17.0. The molecule has 1 aliphatic heterocycles. The van der Waals surface area contributed by atoms with E-state index in [1.807, 2.05) is 32.7 Å². The van der Waals surface area contributed by atoms with E-state index in [0.717, 1.165) is 22.9 Å². The molecule has 1 aromatic rings. The van der Waals surface area contributed by atoms with Crippen molar-refractivity contribution in [3.63, 3.8) is 0 Å². The highest BCUT2D eigenvalue weighted by atomic mass is 79.9. The molecule has 0 aromatic heterocycles. The van der Waals surface area contributed by atoms with Crippen LogP contribution in [0.25, 0.3) is 0 Å². The second kappa shape index (κ2) is 8.82. The molecule has 1 saturated heterocycles. The van der Waals surface area contributed by atoms with Crippen molar-refractivity contribution in [1.29, 1.82) is 0 Å². The predicted molar refractivity (Wildman–Crippen MR) is 107 cm³/mol. The number of piperidine rings is 1. The van der Waals surface area contributed by atoms with Crippen LogP contribution in [0.2, 0.25) is 0 Å². The van der Waals surface area contributed by atoms with Gasteiger partial charge in [-0.1, -0.05) is 15.9 Å². The zero-order valence-electron chi connectivity index (χ0n) is 15.8. The van der Waals surface area contributed by atoms with E-state index in [4.69, 9.17) is 0 Å². The number of halogens is 1. The van der Waals surface area contributed by atoms with Crippen LogP contribution in [0.5, 0.6) is 0 Å². The third-order valence-electron chi connectivity index (χ3n) is 4.66. The predicted octanol–water partition coefficient (Wildman–Crippen LogP) is 2.37. The number of rotatable bonds is 6. The van der Waals surface area contributed by atoms with E-state index in [2.05, 4.69) is 21.2 Å². The number of nitrogens with one attached hydrogen (secondary N) is 1. The number of benzene rings is 1. The molecule has 1 amide bonds. The van der Waals surface area contributed by atoms with Gasteiger partial charge in [0, 0.05) is 29.6 Å². The van der Waals surface area contributed by atoms with Crippen LogP contribution in [-0.4, -0.2) is 62.3 Å². The maximum Gasteiger partial charge on any atom is 0.243 e. The molecule has 0 spiro atoms. The van der Waals surface area contributed by atoms with E-state index < -0.39 is 10.0 Å². The molecule has 0 radical (unpaired) electrons. The Balaban J connectivity index is 1.96. The Hall–Kier alpha value is -0.960. The molecule has 1 fully saturated rings. The Kier molecular flexibility index (Phi) is 7.24. The van der Waals surface area contributed by atoms with Crippen LogP contribution in [0.1, 0.15) is 32.3 Å². The minimum atomic E-state index is -3.47. The summed E-state index contributed by atoms with van der Waals surface area (Å²) in [7, 11) is -1.55. The molecule has 1 heterocycles. The first-order valence-corrected chi connectivity index (χ1v) is 11.1. The fourth-order valence-electron chi connectivity index (χ4n) is 3.17. The zero-order valence-corrected chi connectivity index (χ0v) is 18.2. The van der Waals surface area contributed by atoms with E-state index in [0.29, 0.717) is 24.5 Å². The Labute approximate surface area is 165 Å². The van der Waals surface area contributed by atoms with Crippen LogP contribution in [-0.2, 0) is 14.8 Å². The zero-order chi connectivity index (χ0) is 19.5. The summed E-state index contributed by atoms with van der Waals surface area (Å²) in [6, 6.07) is 5.45. The molecule has 146 valence electrons. The lowest BCUT2D eigenvalue weighted by atomic mass is 10.1. The van der Waals surface area contributed by atoms with E-state index in [1.165, 1.54) is 0 Å². The molecule has 0 unspecified atom stereocenters. The van der Waals surface area contributed by atoms with Crippen molar-refractivity contribution in [1.82, 2.24) is 14.5 Å². The van der Waals surface area contributed by atoms with Crippen molar-refractivity contribution in [2.45, 2.75) is 50.6 Å². The minimum Gasteiger partial charge on any atom is -0.353 e. The molecular weight excluding hydrogens is 418 g/mol. The highest BCUT2D eigenvalue weighted by molar-refractivity contribution is 9.10. The van der Waals surface area contributed by atoms with Gasteiger partial charge in [-0.15, -0.1) is 0 Å². The van der Waals surface area contributed by atoms with Gasteiger partial charge in [0.2, 0.25) is 15.9 Å². The number of amides is 1. The van der Waals surface area contributed by atoms with Gasteiger partial charge in [0.25, 0.3) is 0 Å². The molecular formula is C18H28BrN3O3S. The van der Waals surface area contributed by atoms with E-state index in [-0.39, 0.29) is 18.0 Å². The highest BCUT2D eigenvalue weighted by Gasteiger charge is 2.31. The van der Waals surface area contributed by atoms with Gasteiger partial charge in [-0.3, -0.25) is 9.69 Å². The van der Waals surface area contributed by atoms with Gasteiger partial charge >= 0.3 is 0 Å². The second-order valence-corrected chi connectivity index (χ2v) is 9.98. The number of nitrogens with zero attached hydrogens (tertiary/aromatic N) is 2. The third-order valence-corrected chi connectivity index (χ3v) is 7.44. The fourth-order valence-corrected chi connectivity index (χ4v) is 4.98. The number of carbonyl (C=O) groups excluding carboxylic acids is 1. The van der Waals surface area contributed by atoms with Crippen molar-refractivity contribution in [3.05, 3.63) is 28.2 Å². The van der Waals surface area contributed by atoms with E-state index in [1.54, 1.807) is 22.5 Å². The lowest BCUT2D eigenvalue weighted by Crippen LogP contribution is -2.48. The lowest BCUT2D eigenvalue weighted by Gasteiger charge is -2.36. The number of sulfonamides is 1. The standard InChI is InChI=1S/C18H28BrN3O3S/c1-13(2)20-18(23)12-21(4)15-7-9-22(10-8-15)26(24,25)16-5-6-17(19)14(3)11-16/h5-6,11,13,15H,7-10,12H2,1-4H3,(H,20,23). The van der Waals surface area contributed by atoms with Crippen molar-refractivity contribution < 1.29 is 13.2 Å². The number of hydrogen-bond acceptors (Lipinski definition) is 4. The topological polar surface area (TPSA) is 69.7 Å². The van der Waals surface area contributed by atoms with Gasteiger partial charge in [-0.25, -0.2) is 8.42 Å². The number of carbonyl (C=O) groups is 1. The van der Waals surface area contributed by atoms with Crippen LogP contribution in [0.3, 0.4) is 0 Å². The first-order chi connectivity index (χ1) is 12.1. The first-order valence-electron chi connectivity index (χ1n) is 8.87. The summed E-state index contributed by atoms with van der Waals surface area (Å²) in [6.07, 6.45) is 1.44. The maximum absolute atomic E-state index is 12.9. The number of likely N-dealkylation sites (N-methyl/N-ethyl adjacent to an activating group) is 1. The van der Waals surface area contributed by atoms with Gasteiger partial charge in [0.15, 0.2) is 0 Å². The smallest absolute Gasteiger partial charge is 0.243 e. The van der Waals surface area contributed by atoms with Crippen LogP contribution in [0.4, 0.5) is 0 Å². The molecule has 26 heavy (non-hydrogen) atoms. The first kappa shape index (κ1) is 21.3. The molecule has 0 saturated carbocycles. The Morgan fingerprint density at radius 2 is 1.96 bits per heavy atom. The van der Waals surface area contributed by atoms with Crippen molar-refractivity contribution >= 4 is 31.9 Å². The summed E-state index contributed by atoms with van der Waals surface area (Å²) in [5.41, 5.74) is 0.900. The number of aryl methyl sites for hydroxylation is 1. The highest BCUT2D eigenvalue weighted by Crippen LogP contribution is 2.25. The molecule has 0 atom stereocenters. The quantitative estimate of drug-likeness (QED) is 0.729. The van der Waals surface area contributed by atoms with Gasteiger partial charge in [-0.2, -0.15) is 4.31 Å². The fraction of sp³-hybridized carbons (Fsp3) is 0.611. The number of hydrogen-bond donors (Lipinski definition) is 1.